The first kappa shape index (κ1) is 12.5. The molecule has 0 saturated carbocycles. The summed E-state index contributed by atoms with van der Waals surface area (Å²) in [6.07, 6.45) is 2.60. The van der Waals surface area contributed by atoms with Crippen LogP contribution in [0.15, 0.2) is 29.7 Å². The highest BCUT2D eigenvalue weighted by molar-refractivity contribution is 7.13. The molecule has 2 aromatic rings. The molecule has 0 amide bonds. The molecule has 4 heteroatoms. The van der Waals surface area contributed by atoms with Crippen molar-refractivity contribution in [1.29, 1.82) is 0 Å². The van der Waals surface area contributed by atoms with E-state index in [-0.39, 0.29) is 0 Å². The molecular weight excluding hydrogens is 246 g/mol. The molecule has 0 atom stereocenters. The molecule has 1 N–H and O–H groups in total. The van der Waals surface area contributed by atoms with E-state index in [1.807, 2.05) is 11.4 Å². The van der Waals surface area contributed by atoms with Gasteiger partial charge >= 0.3 is 5.97 Å². The Morgan fingerprint density at radius 3 is 2.83 bits per heavy atom. The van der Waals surface area contributed by atoms with E-state index in [9.17, 15) is 4.79 Å². The van der Waals surface area contributed by atoms with E-state index < -0.39 is 5.97 Å². The minimum atomic E-state index is -0.962. The number of benzene rings is 1. The zero-order valence-electron chi connectivity index (χ0n) is 10.2. The highest BCUT2D eigenvalue weighted by Crippen LogP contribution is 2.27. The molecule has 0 bridgehead atoms. The molecule has 0 aliphatic rings. The number of thiazole rings is 1. The minimum absolute atomic E-state index is 0.678. The summed E-state index contributed by atoms with van der Waals surface area (Å²) in [4.78, 5) is 14.8. The fourth-order valence-electron chi connectivity index (χ4n) is 1.70. The zero-order valence-corrected chi connectivity index (χ0v) is 11.0. The van der Waals surface area contributed by atoms with Gasteiger partial charge < -0.3 is 5.11 Å². The number of hydrogen-bond donors (Lipinski definition) is 1. The van der Waals surface area contributed by atoms with E-state index in [1.54, 1.807) is 0 Å². The molecule has 1 aromatic carbocycles. The summed E-state index contributed by atoms with van der Waals surface area (Å²) in [5.41, 5.74) is 4.18. The maximum Gasteiger partial charge on any atom is 0.328 e. The van der Waals surface area contributed by atoms with Crippen molar-refractivity contribution in [3.63, 3.8) is 0 Å². The molecule has 1 heterocycles. The Bertz CT molecular complexity index is 614. The summed E-state index contributed by atoms with van der Waals surface area (Å²) in [5, 5.41) is 11.3. The lowest BCUT2D eigenvalue weighted by Crippen LogP contribution is -1.86. The molecule has 0 saturated heterocycles. The lowest BCUT2D eigenvalue weighted by molar-refractivity contribution is -0.131. The molecule has 0 unspecified atom stereocenters. The van der Waals surface area contributed by atoms with Gasteiger partial charge in [-0.25, -0.2) is 9.78 Å². The Balaban J connectivity index is 2.32. The van der Waals surface area contributed by atoms with Crippen LogP contribution in [0.5, 0.6) is 0 Å². The summed E-state index contributed by atoms with van der Waals surface area (Å²) in [6, 6.07) is 6.22. The Hall–Kier alpha value is -1.94. The van der Waals surface area contributed by atoms with Crippen LogP contribution in [-0.4, -0.2) is 16.1 Å². The summed E-state index contributed by atoms with van der Waals surface area (Å²) < 4.78 is 0. The van der Waals surface area contributed by atoms with Crippen LogP contribution in [0.25, 0.3) is 16.6 Å². The van der Waals surface area contributed by atoms with Crippen LogP contribution in [0.4, 0.5) is 0 Å². The number of carboxylic acids is 1. The van der Waals surface area contributed by atoms with Crippen LogP contribution >= 0.6 is 11.3 Å². The largest absolute Gasteiger partial charge is 0.478 e. The SMILES string of the molecule is Cc1ccc(-c2nc(/C=C/C(=O)O)cs2)c(C)c1. The van der Waals surface area contributed by atoms with Crippen LogP contribution < -0.4 is 0 Å². The number of carboxylic acid groups (broad SMARTS) is 1. The van der Waals surface area contributed by atoms with Crippen molar-refractivity contribution < 1.29 is 9.90 Å². The molecule has 1 aromatic heterocycles. The van der Waals surface area contributed by atoms with Crippen molar-refractivity contribution >= 4 is 23.4 Å². The van der Waals surface area contributed by atoms with Gasteiger partial charge in [0.05, 0.1) is 5.69 Å². The van der Waals surface area contributed by atoms with Crippen LogP contribution in [0, 0.1) is 13.8 Å². The van der Waals surface area contributed by atoms with Crippen molar-refractivity contribution in [2.75, 3.05) is 0 Å². The first-order valence-corrected chi connectivity index (χ1v) is 6.38. The molecule has 2 rings (SSSR count). The second-order valence-electron chi connectivity index (χ2n) is 4.07. The number of nitrogens with zero attached hydrogens (tertiary/aromatic N) is 1. The van der Waals surface area contributed by atoms with E-state index >= 15 is 0 Å². The van der Waals surface area contributed by atoms with Gasteiger partial charge in [0.2, 0.25) is 0 Å². The predicted molar refractivity (Wildman–Crippen MR) is 73.7 cm³/mol. The fourth-order valence-corrected chi connectivity index (χ4v) is 2.57. The molecular formula is C14H13NO2S. The summed E-state index contributed by atoms with van der Waals surface area (Å²) >= 11 is 1.52. The van der Waals surface area contributed by atoms with Crippen molar-refractivity contribution in [2.24, 2.45) is 0 Å². The summed E-state index contributed by atoms with van der Waals surface area (Å²) in [5.74, 6) is -0.962. The summed E-state index contributed by atoms with van der Waals surface area (Å²) in [7, 11) is 0. The minimum Gasteiger partial charge on any atom is -0.478 e. The van der Waals surface area contributed by atoms with Gasteiger partial charge in [-0.05, 0) is 25.5 Å². The molecule has 0 spiro atoms. The van der Waals surface area contributed by atoms with Gasteiger partial charge in [0.1, 0.15) is 5.01 Å². The van der Waals surface area contributed by atoms with Gasteiger partial charge in [0.25, 0.3) is 0 Å². The highest BCUT2D eigenvalue weighted by Gasteiger charge is 2.06. The third-order valence-corrected chi connectivity index (χ3v) is 3.42. The Morgan fingerprint density at radius 1 is 1.39 bits per heavy atom. The molecule has 3 nitrogen and oxygen atoms in total. The number of hydrogen-bond acceptors (Lipinski definition) is 3. The smallest absolute Gasteiger partial charge is 0.328 e. The van der Waals surface area contributed by atoms with Gasteiger partial charge in [-0.3, -0.25) is 0 Å². The number of carbonyl (C=O) groups is 1. The van der Waals surface area contributed by atoms with Gasteiger partial charge in [0.15, 0.2) is 0 Å². The van der Waals surface area contributed by atoms with Crippen LogP contribution in [-0.2, 0) is 4.79 Å². The lowest BCUT2D eigenvalue weighted by atomic mass is 10.1. The molecule has 0 aliphatic heterocycles. The second kappa shape index (κ2) is 5.14. The lowest BCUT2D eigenvalue weighted by Gasteiger charge is -2.02. The van der Waals surface area contributed by atoms with Crippen LogP contribution in [0.2, 0.25) is 0 Å². The predicted octanol–water partition coefficient (Wildman–Crippen LogP) is 3.52. The Morgan fingerprint density at radius 2 is 2.17 bits per heavy atom. The molecule has 92 valence electrons. The normalized spacial score (nSPS) is 11.0. The van der Waals surface area contributed by atoms with Crippen molar-refractivity contribution in [2.45, 2.75) is 13.8 Å². The second-order valence-corrected chi connectivity index (χ2v) is 4.93. The van der Waals surface area contributed by atoms with Crippen LogP contribution in [0.3, 0.4) is 0 Å². The monoisotopic (exact) mass is 259 g/mol. The fraction of sp³-hybridized carbons (Fsp3) is 0.143. The third-order valence-electron chi connectivity index (χ3n) is 2.53. The average molecular weight is 259 g/mol. The van der Waals surface area contributed by atoms with Crippen molar-refractivity contribution in [3.05, 3.63) is 46.5 Å². The van der Waals surface area contributed by atoms with Gasteiger partial charge in [0, 0.05) is 17.0 Å². The van der Waals surface area contributed by atoms with Crippen molar-refractivity contribution in [3.8, 4) is 10.6 Å². The highest BCUT2D eigenvalue weighted by atomic mass is 32.1. The van der Waals surface area contributed by atoms with Gasteiger partial charge in [-0.1, -0.05) is 23.8 Å². The number of aliphatic carboxylic acids is 1. The topological polar surface area (TPSA) is 50.2 Å². The van der Waals surface area contributed by atoms with Crippen molar-refractivity contribution in [1.82, 2.24) is 4.98 Å². The van der Waals surface area contributed by atoms with E-state index in [4.69, 9.17) is 5.11 Å². The third kappa shape index (κ3) is 2.84. The standard InChI is InChI=1S/C14H13NO2S/c1-9-3-5-12(10(2)7-9)14-15-11(8-18-14)4-6-13(16)17/h3-8H,1-2H3,(H,16,17)/b6-4+. The maximum atomic E-state index is 10.4. The quantitative estimate of drug-likeness (QED) is 0.858. The first-order chi connectivity index (χ1) is 8.56. The Labute approximate surface area is 109 Å². The van der Waals surface area contributed by atoms with Gasteiger partial charge in [-0.2, -0.15) is 0 Å². The van der Waals surface area contributed by atoms with E-state index in [0.717, 1.165) is 16.6 Å². The zero-order chi connectivity index (χ0) is 13.1. The molecule has 0 radical (unpaired) electrons. The first-order valence-electron chi connectivity index (χ1n) is 5.50. The van der Waals surface area contributed by atoms with E-state index in [0.29, 0.717) is 5.69 Å². The molecule has 0 aliphatic carbocycles. The summed E-state index contributed by atoms with van der Waals surface area (Å²) in [6.45, 7) is 4.11. The van der Waals surface area contributed by atoms with Crippen LogP contribution in [0.1, 0.15) is 16.8 Å². The average Bonchev–Trinajstić information content (AvgIpc) is 2.75. The number of aryl methyl sites for hydroxylation is 2. The van der Waals surface area contributed by atoms with E-state index in [1.165, 1.54) is 28.5 Å². The molecule has 0 fully saturated rings. The Kier molecular flexibility index (Phi) is 3.58. The van der Waals surface area contributed by atoms with Gasteiger partial charge in [-0.15, -0.1) is 11.3 Å². The number of aromatic nitrogens is 1. The van der Waals surface area contributed by atoms with E-state index in [2.05, 4.69) is 31.0 Å². The maximum absolute atomic E-state index is 10.4. The molecule has 18 heavy (non-hydrogen) atoms. The number of rotatable bonds is 3.